The van der Waals surface area contributed by atoms with Crippen LogP contribution in [0, 0.1) is 0 Å². The Hall–Kier alpha value is -3.22. The Labute approximate surface area is 153 Å². The molecule has 0 aromatic heterocycles. The van der Waals surface area contributed by atoms with Crippen LogP contribution in [0.5, 0.6) is 5.75 Å². The summed E-state index contributed by atoms with van der Waals surface area (Å²) in [6, 6.07) is 17.2. The molecule has 0 saturated carbocycles. The number of nitrogens with two attached hydrogens (primary N) is 3. The minimum Gasteiger partial charge on any atom is -0.494 e. The fourth-order valence-electron chi connectivity index (χ4n) is 3.05. The molecule has 0 radical (unpaired) electrons. The van der Waals surface area contributed by atoms with Crippen LogP contribution in [0.2, 0.25) is 0 Å². The second kappa shape index (κ2) is 7.35. The summed E-state index contributed by atoms with van der Waals surface area (Å²) in [5.74, 6) is 1.32. The lowest BCUT2D eigenvalue weighted by Crippen LogP contribution is -2.56. The van der Waals surface area contributed by atoms with Crippen molar-refractivity contribution < 1.29 is 4.74 Å². The van der Waals surface area contributed by atoms with Gasteiger partial charge in [-0.15, -0.1) is 0 Å². The average molecular weight is 352 g/mol. The SMILES string of the molecule is C[C@]1(CCCOc2ccc(N)cc2)N=C(N)N=C(N)N1c1ccccc1. The third-order valence-corrected chi connectivity index (χ3v) is 4.25. The number of aliphatic imine (C=N–C) groups is 2. The Bertz CT molecular complexity index is 803. The molecule has 6 N–H and O–H groups in total. The number of hydrogen-bond acceptors (Lipinski definition) is 7. The zero-order valence-electron chi connectivity index (χ0n) is 14.8. The van der Waals surface area contributed by atoms with Crippen molar-refractivity contribution >= 4 is 23.3 Å². The third-order valence-electron chi connectivity index (χ3n) is 4.25. The lowest BCUT2D eigenvalue weighted by atomic mass is 10.0. The lowest BCUT2D eigenvalue weighted by molar-refractivity contribution is 0.286. The molecule has 3 rings (SSSR count). The molecule has 1 heterocycles. The molecule has 0 amide bonds. The zero-order valence-corrected chi connectivity index (χ0v) is 14.8. The number of ether oxygens (including phenoxy) is 1. The molecule has 136 valence electrons. The van der Waals surface area contributed by atoms with Crippen LogP contribution < -0.4 is 26.8 Å². The number of guanidine groups is 2. The van der Waals surface area contributed by atoms with Crippen LogP contribution in [0.4, 0.5) is 11.4 Å². The van der Waals surface area contributed by atoms with E-state index in [4.69, 9.17) is 21.9 Å². The van der Waals surface area contributed by atoms with Crippen molar-refractivity contribution in [1.82, 2.24) is 0 Å². The van der Waals surface area contributed by atoms with Crippen LogP contribution in [0.1, 0.15) is 19.8 Å². The fourth-order valence-corrected chi connectivity index (χ4v) is 3.05. The second-order valence-corrected chi connectivity index (χ2v) is 6.35. The number of benzene rings is 2. The van der Waals surface area contributed by atoms with Gasteiger partial charge in [-0.25, -0.2) is 4.99 Å². The molecule has 7 nitrogen and oxygen atoms in total. The maximum atomic E-state index is 6.16. The smallest absolute Gasteiger partial charge is 0.220 e. The van der Waals surface area contributed by atoms with Gasteiger partial charge in [0.15, 0.2) is 0 Å². The van der Waals surface area contributed by atoms with Gasteiger partial charge in [0.2, 0.25) is 11.9 Å². The fraction of sp³-hybridized carbons (Fsp3) is 0.263. The van der Waals surface area contributed by atoms with E-state index in [2.05, 4.69) is 9.98 Å². The minimum atomic E-state index is -0.623. The Morgan fingerprint density at radius 3 is 2.38 bits per heavy atom. The first kappa shape index (κ1) is 17.6. The van der Waals surface area contributed by atoms with Crippen molar-refractivity contribution in [3.63, 3.8) is 0 Å². The Morgan fingerprint density at radius 1 is 1.00 bits per heavy atom. The van der Waals surface area contributed by atoms with E-state index >= 15 is 0 Å². The van der Waals surface area contributed by atoms with E-state index in [0.717, 1.165) is 17.9 Å². The first-order chi connectivity index (χ1) is 12.5. The first-order valence-electron chi connectivity index (χ1n) is 8.51. The van der Waals surface area contributed by atoms with Gasteiger partial charge in [0.1, 0.15) is 11.4 Å². The maximum Gasteiger partial charge on any atom is 0.220 e. The topological polar surface area (TPSA) is 115 Å². The molecule has 26 heavy (non-hydrogen) atoms. The minimum absolute atomic E-state index is 0.191. The highest BCUT2D eigenvalue weighted by Crippen LogP contribution is 2.31. The Balaban J connectivity index is 1.68. The number of para-hydroxylation sites is 1. The monoisotopic (exact) mass is 352 g/mol. The summed E-state index contributed by atoms with van der Waals surface area (Å²) < 4.78 is 5.78. The normalized spacial score (nSPS) is 19.7. The predicted molar refractivity (Wildman–Crippen MR) is 106 cm³/mol. The van der Waals surface area contributed by atoms with Gasteiger partial charge in [-0.1, -0.05) is 18.2 Å². The molecular formula is C19H24N6O. The maximum absolute atomic E-state index is 6.16. The molecule has 1 atom stereocenters. The molecule has 0 aliphatic carbocycles. The van der Waals surface area contributed by atoms with Crippen LogP contribution in [0.25, 0.3) is 0 Å². The first-order valence-corrected chi connectivity index (χ1v) is 8.51. The summed E-state index contributed by atoms with van der Waals surface area (Å²) in [4.78, 5) is 10.6. The molecule has 7 heteroatoms. The van der Waals surface area contributed by atoms with Crippen molar-refractivity contribution in [2.45, 2.75) is 25.4 Å². The highest BCUT2D eigenvalue weighted by molar-refractivity contribution is 6.05. The van der Waals surface area contributed by atoms with Gasteiger partial charge < -0.3 is 21.9 Å². The van der Waals surface area contributed by atoms with E-state index in [-0.39, 0.29) is 5.96 Å². The van der Waals surface area contributed by atoms with Crippen LogP contribution >= 0.6 is 0 Å². The van der Waals surface area contributed by atoms with Gasteiger partial charge in [0, 0.05) is 11.4 Å². The number of hydrogen-bond donors (Lipinski definition) is 3. The van der Waals surface area contributed by atoms with Gasteiger partial charge >= 0.3 is 0 Å². The molecule has 2 aromatic rings. The predicted octanol–water partition coefficient (Wildman–Crippen LogP) is 2.29. The molecule has 2 aromatic carbocycles. The largest absolute Gasteiger partial charge is 0.494 e. The van der Waals surface area contributed by atoms with E-state index in [1.807, 2.05) is 66.4 Å². The molecule has 1 aliphatic heterocycles. The van der Waals surface area contributed by atoms with Crippen LogP contribution in [-0.4, -0.2) is 24.2 Å². The summed E-state index contributed by atoms with van der Waals surface area (Å²) in [6.45, 7) is 2.55. The Kier molecular flexibility index (Phi) is 4.97. The summed E-state index contributed by atoms with van der Waals surface area (Å²) >= 11 is 0. The molecule has 0 unspecified atom stereocenters. The van der Waals surface area contributed by atoms with E-state index in [1.165, 1.54) is 0 Å². The van der Waals surface area contributed by atoms with Gasteiger partial charge in [0.25, 0.3) is 0 Å². The van der Waals surface area contributed by atoms with Crippen molar-refractivity contribution in [3.8, 4) is 5.75 Å². The van der Waals surface area contributed by atoms with Crippen LogP contribution in [0.3, 0.4) is 0 Å². The molecule has 0 spiro atoms. The van der Waals surface area contributed by atoms with Gasteiger partial charge in [-0.05, 0) is 56.2 Å². The third kappa shape index (κ3) is 3.88. The summed E-state index contributed by atoms with van der Waals surface area (Å²) in [7, 11) is 0. The molecular weight excluding hydrogens is 328 g/mol. The van der Waals surface area contributed by atoms with Crippen molar-refractivity contribution in [2.75, 3.05) is 17.2 Å². The second-order valence-electron chi connectivity index (χ2n) is 6.35. The van der Waals surface area contributed by atoms with E-state index in [0.29, 0.717) is 24.7 Å². The van der Waals surface area contributed by atoms with E-state index in [9.17, 15) is 0 Å². The van der Waals surface area contributed by atoms with Crippen molar-refractivity contribution in [3.05, 3.63) is 54.6 Å². The van der Waals surface area contributed by atoms with Gasteiger partial charge in [0.05, 0.1) is 6.61 Å². The summed E-state index contributed by atoms with van der Waals surface area (Å²) in [6.07, 6.45) is 1.47. The van der Waals surface area contributed by atoms with E-state index in [1.54, 1.807) is 0 Å². The summed E-state index contributed by atoms with van der Waals surface area (Å²) in [5.41, 5.74) is 18.7. The Morgan fingerprint density at radius 2 is 1.69 bits per heavy atom. The molecule has 0 fully saturated rings. The van der Waals surface area contributed by atoms with Gasteiger partial charge in [-0.3, -0.25) is 4.90 Å². The van der Waals surface area contributed by atoms with E-state index < -0.39 is 5.66 Å². The number of nitrogen functional groups attached to an aromatic ring is 1. The molecule has 1 aliphatic rings. The number of anilines is 2. The quantitative estimate of drug-likeness (QED) is 0.545. The van der Waals surface area contributed by atoms with Crippen molar-refractivity contribution in [2.24, 2.45) is 21.5 Å². The highest BCUT2D eigenvalue weighted by Gasteiger charge is 2.36. The van der Waals surface area contributed by atoms with Gasteiger partial charge in [-0.2, -0.15) is 4.99 Å². The zero-order chi connectivity index (χ0) is 18.6. The number of rotatable bonds is 6. The van der Waals surface area contributed by atoms with Crippen LogP contribution in [0.15, 0.2) is 64.6 Å². The average Bonchev–Trinajstić information content (AvgIpc) is 2.60. The van der Waals surface area contributed by atoms with Crippen molar-refractivity contribution in [1.29, 1.82) is 0 Å². The molecule has 0 bridgehead atoms. The standard InChI is InChI=1S/C19H24N6O/c1-19(12-5-13-26-16-10-8-14(20)9-11-16)24-17(21)23-18(22)25(19)15-6-3-2-4-7-15/h2-4,6-11H,5,12-13,20H2,1H3,(H4,21,22,23,24)/t19-/m0/s1. The summed E-state index contributed by atoms with van der Waals surface area (Å²) in [5, 5.41) is 0. The highest BCUT2D eigenvalue weighted by atomic mass is 16.5. The number of nitrogens with zero attached hydrogens (tertiary/aromatic N) is 3. The lowest BCUT2D eigenvalue weighted by Gasteiger charge is -2.41. The molecule has 0 saturated heterocycles. The van der Waals surface area contributed by atoms with Crippen LogP contribution in [-0.2, 0) is 0 Å².